The maximum atomic E-state index is 12.2. The standard InChI is InChI=1S/C18H26N2O4/c1-3-24-18(22)20-12-9-15(10-13-20)17(21)19-11-8-14-4-6-16(23-2)7-5-14/h4-7,15H,3,8-13H2,1-2H3,(H,19,21). The van der Waals surface area contributed by atoms with Crippen molar-refractivity contribution in [1.82, 2.24) is 10.2 Å². The van der Waals surface area contributed by atoms with Crippen molar-refractivity contribution in [2.45, 2.75) is 26.2 Å². The number of rotatable bonds is 6. The Labute approximate surface area is 143 Å². The van der Waals surface area contributed by atoms with Gasteiger partial charge in [-0.25, -0.2) is 4.79 Å². The summed E-state index contributed by atoms with van der Waals surface area (Å²) in [5.41, 5.74) is 1.16. The van der Waals surface area contributed by atoms with E-state index in [1.54, 1.807) is 18.9 Å². The summed E-state index contributed by atoms with van der Waals surface area (Å²) in [7, 11) is 1.64. The van der Waals surface area contributed by atoms with Crippen LogP contribution in [0.4, 0.5) is 4.79 Å². The second-order valence-corrected chi connectivity index (χ2v) is 5.85. The van der Waals surface area contributed by atoms with Gasteiger partial charge in [0.05, 0.1) is 13.7 Å². The van der Waals surface area contributed by atoms with Gasteiger partial charge in [-0.15, -0.1) is 0 Å². The average molecular weight is 334 g/mol. The monoisotopic (exact) mass is 334 g/mol. The van der Waals surface area contributed by atoms with Gasteiger partial charge in [-0.1, -0.05) is 12.1 Å². The molecule has 1 N–H and O–H groups in total. The van der Waals surface area contributed by atoms with E-state index < -0.39 is 0 Å². The van der Waals surface area contributed by atoms with Crippen molar-refractivity contribution in [3.8, 4) is 5.75 Å². The summed E-state index contributed by atoms with van der Waals surface area (Å²) in [6.45, 7) is 3.94. The van der Waals surface area contributed by atoms with E-state index in [1.165, 1.54) is 0 Å². The molecule has 1 aliphatic rings. The third-order valence-electron chi connectivity index (χ3n) is 4.26. The first-order chi connectivity index (χ1) is 11.6. The van der Waals surface area contributed by atoms with Crippen molar-refractivity contribution in [2.75, 3.05) is 33.4 Å². The van der Waals surface area contributed by atoms with Crippen LogP contribution in [0.1, 0.15) is 25.3 Å². The molecular formula is C18H26N2O4. The van der Waals surface area contributed by atoms with E-state index in [-0.39, 0.29) is 17.9 Å². The maximum absolute atomic E-state index is 12.2. The molecule has 2 rings (SSSR count). The minimum absolute atomic E-state index is 0.0217. The van der Waals surface area contributed by atoms with Crippen LogP contribution in [0.2, 0.25) is 0 Å². The number of carbonyl (C=O) groups is 2. The molecule has 0 saturated carbocycles. The summed E-state index contributed by atoms with van der Waals surface area (Å²) in [5.74, 6) is 0.884. The first-order valence-electron chi connectivity index (χ1n) is 8.46. The quantitative estimate of drug-likeness (QED) is 0.866. The first kappa shape index (κ1) is 18.1. The second kappa shape index (κ2) is 9.15. The lowest BCUT2D eigenvalue weighted by molar-refractivity contribution is -0.126. The smallest absolute Gasteiger partial charge is 0.409 e. The zero-order valence-corrected chi connectivity index (χ0v) is 14.4. The highest BCUT2D eigenvalue weighted by Gasteiger charge is 2.27. The van der Waals surface area contributed by atoms with E-state index in [0.717, 1.165) is 17.7 Å². The van der Waals surface area contributed by atoms with Crippen molar-refractivity contribution in [3.05, 3.63) is 29.8 Å². The van der Waals surface area contributed by atoms with E-state index in [4.69, 9.17) is 9.47 Å². The summed E-state index contributed by atoms with van der Waals surface area (Å²) in [4.78, 5) is 25.5. The number of carbonyl (C=O) groups excluding carboxylic acids is 2. The zero-order valence-electron chi connectivity index (χ0n) is 14.4. The molecule has 1 saturated heterocycles. The summed E-state index contributed by atoms with van der Waals surface area (Å²) in [6, 6.07) is 7.84. The van der Waals surface area contributed by atoms with Gasteiger partial charge < -0.3 is 19.7 Å². The predicted octanol–water partition coefficient (Wildman–Crippen LogP) is 2.22. The van der Waals surface area contributed by atoms with Crippen molar-refractivity contribution in [2.24, 2.45) is 5.92 Å². The Kier molecular flexibility index (Phi) is 6.90. The lowest BCUT2D eigenvalue weighted by atomic mass is 9.96. The molecule has 0 radical (unpaired) electrons. The number of methoxy groups -OCH3 is 1. The van der Waals surface area contributed by atoms with Crippen LogP contribution in [0.25, 0.3) is 0 Å². The second-order valence-electron chi connectivity index (χ2n) is 5.85. The molecule has 1 fully saturated rings. The highest BCUT2D eigenvalue weighted by Crippen LogP contribution is 2.18. The van der Waals surface area contributed by atoms with Crippen molar-refractivity contribution in [1.29, 1.82) is 0 Å². The molecule has 0 aliphatic carbocycles. The summed E-state index contributed by atoms with van der Waals surface area (Å²) in [6.07, 6.45) is 1.88. The van der Waals surface area contributed by atoms with Crippen LogP contribution in [-0.4, -0.2) is 50.3 Å². The Balaban J connectivity index is 1.68. The lowest BCUT2D eigenvalue weighted by Gasteiger charge is -2.30. The topological polar surface area (TPSA) is 67.9 Å². The van der Waals surface area contributed by atoms with Gasteiger partial charge in [0.1, 0.15) is 5.75 Å². The molecule has 6 nitrogen and oxygen atoms in total. The SMILES string of the molecule is CCOC(=O)N1CCC(C(=O)NCCc2ccc(OC)cc2)CC1. The minimum atomic E-state index is -0.282. The molecule has 1 aromatic rings. The molecular weight excluding hydrogens is 308 g/mol. The molecule has 6 heteroatoms. The average Bonchev–Trinajstić information content (AvgIpc) is 2.62. The van der Waals surface area contributed by atoms with Crippen LogP contribution < -0.4 is 10.1 Å². The number of piperidine rings is 1. The molecule has 1 aliphatic heterocycles. The molecule has 0 bridgehead atoms. The molecule has 24 heavy (non-hydrogen) atoms. The van der Waals surface area contributed by atoms with E-state index in [2.05, 4.69) is 5.32 Å². The third-order valence-corrected chi connectivity index (χ3v) is 4.26. The van der Waals surface area contributed by atoms with Crippen molar-refractivity contribution >= 4 is 12.0 Å². The number of hydrogen-bond acceptors (Lipinski definition) is 4. The molecule has 1 heterocycles. The van der Waals surface area contributed by atoms with Gasteiger partial charge in [-0.05, 0) is 43.9 Å². The fraction of sp³-hybridized carbons (Fsp3) is 0.556. The van der Waals surface area contributed by atoms with Crippen LogP contribution in [-0.2, 0) is 16.0 Å². The van der Waals surface area contributed by atoms with E-state index in [0.29, 0.717) is 39.1 Å². The molecule has 132 valence electrons. The highest BCUT2D eigenvalue weighted by atomic mass is 16.6. The van der Waals surface area contributed by atoms with Crippen molar-refractivity contribution < 1.29 is 19.1 Å². The van der Waals surface area contributed by atoms with E-state index in [1.807, 2.05) is 24.3 Å². The number of benzene rings is 1. The molecule has 0 unspecified atom stereocenters. The van der Waals surface area contributed by atoms with Crippen LogP contribution >= 0.6 is 0 Å². The van der Waals surface area contributed by atoms with Gasteiger partial charge >= 0.3 is 6.09 Å². The number of amides is 2. The molecule has 0 atom stereocenters. The van der Waals surface area contributed by atoms with E-state index in [9.17, 15) is 9.59 Å². The molecule has 0 aromatic heterocycles. The number of nitrogens with zero attached hydrogens (tertiary/aromatic N) is 1. The van der Waals surface area contributed by atoms with Gasteiger partial charge in [0.25, 0.3) is 0 Å². The predicted molar refractivity (Wildman–Crippen MR) is 91.0 cm³/mol. The summed E-state index contributed by atoms with van der Waals surface area (Å²) >= 11 is 0. The zero-order chi connectivity index (χ0) is 17.4. The van der Waals surface area contributed by atoms with Gasteiger partial charge in [0.2, 0.25) is 5.91 Å². The highest BCUT2D eigenvalue weighted by molar-refractivity contribution is 5.79. The van der Waals surface area contributed by atoms with Crippen molar-refractivity contribution in [3.63, 3.8) is 0 Å². The number of hydrogen-bond donors (Lipinski definition) is 1. The minimum Gasteiger partial charge on any atom is -0.497 e. The lowest BCUT2D eigenvalue weighted by Crippen LogP contribution is -2.43. The Morgan fingerprint density at radius 2 is 1.88 bits per heavy atom. The fourth-order valence-electron chi connectivity index (χ4n) is 2.81. The number of likely N-dealkylation sites (tertiary alicyclic amines) is 1. The molecule has 0 spiro atoms. The van der Waals surface area contributed by atoms with E-state index >= 15 is 0 Å². The molecule has 1 aromatic carbocycles. The normalized spacial score (nSPS) is 15.0. The maximum Gasteiger partial charge on any atom is 0.409 e. The van der Waals surface area contributed by atoms with Gasteiger partial charge in [0.15, 0.2) is 0 Å². The fourth-order valence-corrected chi connectivity index (χ4v) is 2.81. The largest absolute Gasteiger partial charge is 0.497 e. The van der Waals surface area contributed by atoms with Crippen LogP contribution in [0.5, 0.6) is 5.75 Å². The molecule has 2 amide bonds. The number of ether oxygens (including phenoxy) is 2. The first-order valence-corrected chi connectivity index (χ1v) is 8.46. The Morgan fingerprint density at radius 1 is 1.21 bits per heavy atom. The van der Waals surface area contributed by atoms with Gasteiger partial charge in [0, 0.05) is 25.6 Å². The van der Waals surface area contributed by atoms with Crippen LogP contribution in [0, 0.1) is 5.92 Å². The van der Waals surface area contributed by atoms with Crippen LogP contribution in [0.15, 0.2) is 24.3 Å². The Morgan fingerprint density at radius 3 is 2.46 bits per heavy atom. The Bertz CT molecular complexity index is 536. The third kappa shape index (κ3) is 5.15. The van der Waals surface area contributed by atoms with Gasteiger partial charge in [-0.2, -0.15) is 0 Å². The number of nitrogens with one attached hydrogen (secondary N) is 1. The summed E-state index contributed by atoms with van der Waals surface area (Å²) in [5, 5.41) is 2.99. The Hall–Kier alpha value is -2.24. The van der Waals surface area contributed by atoms with Crippen LogP contribution in [0.3, 0.4) is 0 Å². The van der Waals surface area contributed by atoms with Gasteiger partial charge in [-0.3, -0.25) is 4.79 Å². The summed E-state index contributed by atoms with van der Waals surface area (Å²) < 4.78 is 10.1.